The molecule has 1 aromatic carbocycles. The minimum absolute atomic E-state index is 0.350. The third-order valence-electron chi connectivity index (χ3n) is 1.27. The lowest BCUT2D eigenvalue weighted by atomic mass is 10.3. The lowest BCUT2D eigenvalue weighted by Gasteiger charge is -1.89. The summed E-state index contributed by atoms with van der Waals surface area (Å²) in [6.07, 6.45) is 0. The van der Waals surface area contributed by atoms with Gasteiger partial charge in [-0.2, -0.15) is 0 Å². The van der Waals surface area contributed by atoms with E-state index in [-0.39, 0.29) is 5.82 Å². The van der Waals surface area contributed by atoms with E-state index in [4.69, 9.17) is 11.6 Å². The van der Waals surface area contributed by atoms with Crippen LogP contribution in [0.2, 0.25) is 5.02 Å². The van der Waals surface area contributed by atoms with Crippen molar-refractivity contribution in [1.29, 1.82) is 0 Å². The van der Waals surface area contributed by atoms with Gasteiger partial charge in [-0.15, -0.1) is 5.10 Å². The largest absolute Gasteiger partial charge is 0.205 e. The van der Waals surface area contributed by atoms with Gasteiger partial charge >= 0.3 is 0 Å². The third-order valence-corrected chi connectivity index (χ3v) is 2.24. The Morgan fingerprint density at radius 2 is 2.27 bits per heavy atom. The van der Waals surface area contributed by atoms with Gasteiger partial charge in [0.15, 0.2) is 0 Å². The summed E-state index contributed by atoms with van der Waals surface area (Å²) in [7, 11) is 0. The molecule has 0 radical (unpaired) electrons. The normalized spacial score (nSPS) is 10.7. The second-order valence-corrected chi connectivity index (χ2v) is 3.20. The number of aromatic nitrogens is 2. The molecule has 0 fully saturated rings. The molecule has 56 valence electrons. The Hall–Kier alpha value is -0.740. The zero-order valence-electron chi connectivity index (χ0n) is 5.21. The number of hydrogen-bond acceptors (Lipinski definition) is 3. The van der Waals surface area contributed by atoms with Gasteiger partial charge in [-0.1, -0.05) is 16.1 Å². The van der Waals surface area contributed by atoms with Crippen molar-refractivity contribution < 1.29 is 4.39 Å². The fourth-order valence-electron chi connectivity index (χ4n) is 0.817. The Morgan fingerprint density at radius 3 is 3.09 bits per heavy atom. The SMILES string of the molecule is Fc1cc(Cl)cc2nnsc12. The molecule has 2 aromatic rings. The first-order valence-electron chi connectivity index (χ1n) is 2.84. The molecule has 5 heteroatoms. The van der Waals surface area contributed by atoms with E-state index in [9.17, 15) is 4.39 Å². The van der Waals surface area contributed by atoms with Crippen LogP contribution in [0.4, 0.5) is 4.39 Å². The summed E-state index contributed by atoms with van der Waals surface area (Å²) >= 11 is 6.61. The molecule has 1 heterocycles. The molecular weight excluding hydrogens is 187 g/mol. The Kier molecular flexibility index (Phi) is 1.51. The first-order chi connectivity index (χ1) is 5.27. The van der Waals surface area contributed by atoms with Crippen LogP contribution in [0.1, 0.15) is 0 Å². The van der Waals surface area contributed by atoms with Crippen molar-refractivity contribution in [1.82, 2.24) is 9.59 Å². The molecule has 0 aliphatic heterocycles. The number of rotatable bonds is 0. The number of fused-ring (bicyclic) bond motifs is 1. The Bertz CT molecular complexity index is 400. The number of hydrogen-bond donors (Lipinski definition) is 0. The van der Waals surface area contributed by atoms with Crippen LogP contribution in [0.3, 0.4) is 0 Å². The molecule has 0 bridgehead atoms. The highest BCUT2D eigenvalue weighted by Crippen LogP contribution is 2.23. The molecule has 2 rings (SSSR count). The van der Waals surface area contributed by atoms with Gasteiger partial charge in [0, 0.05) is 5.02 Å². The fourth-order valence-corrected chi connectivity index (χ4v) is 1.57. The Morgan fingerprint density at radius 1 is 1.45 bits per heavy atom. The lowest BCUT2D eigenvalue weighted by Crippen LogP contribution is -1.74. The highest BCUT2D eigenvalue weighted by atomic mass is 35.5. The number of halogens is 2. The molecule has 11 heavy (non-hydrogen) atoms. The van der Waals surface area contributed by atoms with Crippen molar-refractivity contribution in [2.24, 2.45) is 0 Å². The van der Waals surface area contributed by atoms with Gasteiger partial charge in [-0.05, 0) is 23.7 Å². The van der Waals surface area contributed by atoms with Crippen molar-refractivity contribution >= 4 is 33.4 Å². The zero-order chi connectivity index (χ0) is 7.84. The predicted molar refractivity (Wildman–Crippen MR) is 42.4 cm³/mol. The maximum Gasteiger partial charge on any atom is 0.145 e. The molecule has 0 saturated heterocycles. The summed E-state index contributed by atoms with van der Waals surface area (Å²) in [6.45, 7) is 0. The van der Waals surface area contributed by atoms with Crippen molar-refractivity contribution in [2.75, 3.05) is 0 Å². The van der Waals surface area contributed by atoms with E-state index >= 15 is 0 Å². The van der Waals surface area contributed by atoms with E-state index in [2.05, 4.69) is 9.59 Å². The standard InChI is InChI=1S/C6H2ClFN2S/c7-3-1-4(8)6-5(2-3)9-10-11-6/h1-2H. The van der Waals surface area contributed by atoms with E-state index in [1.807, 2.05) is 0 Å². The molecule has 0 aliphatic rings. The second-order valence-electron chi connectivity index (χ2n) is 2.01. The molecule has 0 amide bonds. The van der Waals surface area contributed by atoms with Gasteiger partial charge in [0.1, 0.15) is 16.0 Å². The van der Waals surface area contributed by atoms with E-state index in [0.717, 1.165) is 11.5 Å². The monoisotopic (exact) mass is 188 g/mol. The first kappa shape index (κ1) is 6.94. The van der Waals surface area contributed by atoms with Crippen LogP contribution < -0.4 is 0 Å². The van der Waals surface area contributed by atoms with Gasteiger partial charge in [0.25, 0.3) is 0 Å². The highest BCUT2D eigenvalue weighted by Gasteiger charge is 2.05. The lowest BCUT2D eigenvalue weighted by molar-refractivity contribution is 0.641. The van der Waals surface area contributed by atoms with Crippen LogP contribution in [0.15, 0.2) is 12.1 Å². The topological polar surface area (TPSA) is 25.8 Å². The molecular formula is C6H2ClFN2S. The van der Waals surface area contributed by atoms with Crippen LogP contribution in [0.5, 0.6) is 0 Å². The zero-order valence-corrected chi connectivity index (χ0v) is 6.79. The Labute approximate surface area is 70.8 Å². The summed E-state index contributed by atoms with van der Waals surface area (Å²) in [4.78, 5) is 0. The van der Waals surface area contributed by atoms with Crippen LogP contribution in [-0.4, -0.2) is 9.59 Å². The van der Waals surface area contributed by atoms with Crippen LogP contribution in [-0.2, 0) is 0 Å². The van der Waals surface area contributed by atoms with E-state index < -0.39 is 0 Å². The second kappa shape index (κ2) is 2.39. The Balaban J connectivity index is 2.91. The molecule has 1 aromatic heterocycles. The van der Waals surface area contributed by atoms with Crippen molar-refractivity contribution in [3.05, 3.63) is 23.0 Å². The van der Waals surface area contributed by atoms with E-state index in [0.29, 0.717) is 15.2 Å². The number of benzene rings is 1. The van der Waals surface area contributed by atoms with E-state index in [1.54, 1.807) is 6.07 Å². The average Bonchev–Trinajstić information content (AvgIpc) is 2.34. The fraction of sp³-hybridized carbons (Fsp3) is 0. The molecule has 0 unspecified atom stereocenters. The van der Waals surface area contributed by atoms with Crippen LogP contribution in [0.25, 0.3) is 10.2 Å². The summed E-state index contributed by atoms with van der Waals surface area (Å²) < 4.78 is 17.0. The van der Waals surface area contributed by atoms with Gasteiger partial charge in [0.2, 0.25) is 0 Å². The van der Waals surface area contributed by atoms with Crippen LogP contribution >= 0.6 is 23.1 Å². The van der Waals surface area contributed by atoms with Gasteiger partial charge < -0.3 is 0 Å². The third kappa shape index (κ3) is 1.08. The number of nitrogens with zero attached hydrogens (tertiary/aromatic N) is 2. The summed E-state index contributed by atoms with van der Waals surface area (Å²) in [5.74, 6) is -0.359. The van der Waals surface area contributed by atoms with Crippen molar-refractivity contribution in [3.63, 3.8) is 0 Å². The minimum atomic E-state index is -0.359. The smallest absolute Gasteiger partial charge is 0.145 e. The maximum absolute atomic E-state index is 12.9. The molecule has 0 spiro atoms. The average molecular weight is 189 g/mol. The summed E-state index contributed by atoms with van der Waals surface area (Å²) in [6, 6.07) is 2.84. The predicted octanol–water partition coefficient (Wildman–Crippen LogP) is 2.48. The molecule has 2 nitrogen and oxygen atoms in total. The first-order valence-corrected chi connectivity index (χ1v) is 3.99. The van der Waals surface area contributed by atoms with Crippen molar-refractivity contribution in [2.45, 2.75) is 0 Å². The van der Waals surface area contributed by atoms with Gasteiger partial charge in [0.05, 0.1) is 0 Å². The van der Waals surface area contributed by atoms with Crippen LogP contribution in [0, 0.1) is 5.82 Å². The maximum atomic E-state index is 12.9. The molecule has 0 atom stereocenters. The van der Waals surface area contributed by atoms with Crippen molar-refractivity contribution in [3.8, 4) is 0 Å². The summed E-state index contributed by atoms with van der Waals surface area (Å²) in [5, 5.41) is 4.03. The van der Waals surface area contributed by atoms with Gasteiger partial charge in [-0.25, -0.2) is 4.39 Å². The quantitative estimate of drug-likeness (QED) is 0.635. The van der Waals surface area contributed by atoms with Gasteiger partial charge in [-0.3, -0.25) is 0 Å². The molecule has 0 aliphatic carbocycles. The van der Waals surface area contributed by atoms with E-state index in [1.165, 1.54) is 6.07 Å². The molecule has 0 N–H and O–H groups in total. The summed E-state index contributed by atoms with van der Waals surface area (Å²) in [5.41, 5.74) is 0.514. The molecule has 0 saturated carbocycles. The minimum Gasteiger partial charge on any atom is -0.205 e. The highest BCUT2D eigenvalue weighted by molar-refractivity contribution is 7.13.